The van der Waals surface area contributed by atoms with Crippen LogP contribution in [-0.2, 0) is 6.54 Å². The fraction of sp³-hybridized carbons (Fsp3) is 0.240. The number of carbonyl (C=O) groups is 1. The third-order valence-corrected chi connectivity index (χ3v) is 5.41. The molecule has 0 fully saturated rings. The molecule has 1 aliphatic heterocycles. The molecular weight excluding hydrogens is 499 g/mol. The standard InChI is InChI=1S/C25H24BF2N5O5/c1-2-30-12-16-11-18(6-9-20(16)29)32-13-15-3-10-22(37-14-21(27)28)31-23(15)33(24(32)34)17-4-7-19(8-5-17)38-25(26,35)36/h3-12,21,35-36H,2,13-14,29H2,1H3. The van der Waals surface area contributed by atoms with Gasteiger partial charge in [-0.1, -0.05) is 0 Å². The van der Waals surface area contributed by atoms with Gasteiger partial charge in [0.15, 0.2) is 6.61 Å². The molecule has 196 valence electrons. The molecule has 38 heavy (non-hydrogen) atoms. The summed E-state index contributed by atoms with van der Waals surface area (Å²) in [6.45, 7) is 1.73. The van der Waals surface area contributed by atoms with E-state index in [0.29, 0.717) is 34.7 Å². The highest BCUT2D eigenvalue weighted by molar-refractivity contribution is 6.12. The van der Waals surface area contributed by atoms with E-state index in [0.717, 1.165) is 0 Å². The second kappa shape index (κ2) is 11.0. The number of amides is 2. The number of aromatic nitrogens is 1. The van der Waals surface area contributed by atoms with Crippen LogP contribution in [0.15, 0.2) is 59.6 Å². The largest absolute Gasteiger partial charge is 0.472 e. The van der Waals surface area contributed by atoms with Gasteiger partial charge >= 0.3 is 6.03 Å². The third kappa shape index (κ3) is 6.18. The molecule has 0 spiro atoms. The lowest BCUT2D eigenvalue weighted by Gasteiger charge is -2.36. The van der Waals surface area contributed by atoms with Crippen molar-refractivity contribution >= 4 is 43.0 Å². The number of nitrogens with zero attached hydrogens (tertiary/aromatic N) is 4. The van der Waals surface area contributed by atoms with E-state index in [9.17, 15) is 23.8 Å². The number of urea groups is 1. The SMILES string of the molecule is [B]C(O)(O)Oc1ccc(N2C(=O)N(c3ccc(N)c(C=NCC)c3)Cc3ccc(OCC(F)F)nc32)cc1. The topological polar surface area (TPSA) is 134 Å². The first-order valence-electron chi connectivity index (χ1n) is 11.5. The Kier molecular flexibility index (Phi) is 7.79. The zero-order valence-electron chi connectivity index (χ0n) is 20.3. The minimum absolute atomic E-state index is 0.0168. The number of pyridine rings is 1. The van der Waals surface area contributed by atoms with Gasteiger partial charge < -0.3 is 25.4 Å². The maximum Gasteiger partial charge on any atom is 0.335 e. The summed E-state index contributed by atoms with van der Waals surface area (Å²) in [7, 11) is 5.06. The van der Waals surface area contributed by atoms with E-state index < -0.39 is 24.9 Å². The smallest absolute Gasteiger partial charge is 0.335 e. The highest BCUT2D eigenvalue weighted by atomic mass is 19.3. The molecule has 10 nitrogen and oxygen atoms in total. The zero-order valence-corrected chi connectivity index (χ0v) is 20.3. The van der Waals surface area contributed by atoms with Gasteiger partial charge in [-0.05, 0) is 55.5 Å². The number of halogens is 2. The van der Waals surface area contributed by atoms with Gasteiger partial charge in [0.25, 0.3) is 12.3 Å². The molecule has 2 radical (unpaired) electrons. The van der Waals surface area contributed by atoms with E-state index in [1.807, 2.05) is 6.92 Å². The van der Waals surface area contributed by atoms with Crippen molar-refractivity contribution in [2.24, 2.45) is 4.99 Å². The Morgan fingerprint density at radius 3 is 2.55 bits per heavy atom. The summed E-state index contributed by atoms with van der Waals surface area (Å²) in [5.74, 6) is -2.76. The number of aliphatic imine (C=N–C) groups is 1. The van der Waals surface area contributed by atoms with E-state index in [1.54, 1.807) is 30.5 Å². The Morgan fingerprint density at radius 2 is 1.89 bits per heavy atom. The van der Waals surface area contributed by atoms with E-state index in [1.165, 1.54) is 40.1 Å². The Morgan fingerprint density at radius 1 is 1.18 bits per heavy atom. The number of carbonyl (C=O) groups excluding carboxylic acids is 1. The van der Waals surface area contributed by atoms with Crippen LogP contribution in [0.2, 0.25) is 0 Å². The summed E-state index contributed by atoms with van der Waals surface area (Å²) in [6.07, 6.45) is -1.07. The van der Waals surface area contributed by atoms with Crippen molar-refractivity contribution in [2.45, 2.75) is 25.8 Å². The summed E-state index contributed by atoms with van der Waals surface area (Å²) >= 11 is 0. The van der Waals surface area contributed by atoms with Crippen molar-refractivity contribution < 1.29 is 33.3 Å². The molecule has 2 amide bonds. The summed E-state index contributed by atoms with van der Waals surface area (Å²) in [6, 6.07) is 13.4. The van der Waals surface area contributed by atoms with Crippen molar-refractivity contribution in [2.75, 3.05) is 28.7 Å². The predicted octanol–water partition coefficient (Wildman–Crippen LogP) is 3.17. The van der Waals surface area contributed by atoms with Gasteiger partial charge in [0.2, 0.25) is 13.7 Å². The maximum absolute atomic E-state index is 13.8. The molecule has 4 N–H and O–H groups in total. The molecule has 1 aromatic heterocycles. The van der Waals surface area contributed by atoms with Crippen LogP contribution in [0.4, 0.5) is 36.5 Å². The normalized spacial score (nSPS) is 13.8. The number of nitrogens with two attached hydrogens (primary N) is 1. The van der Waals surface area contributed by atoms with Crippen molar-refractivity contribution in [1.29, 1.82) is 0 Å². The summed E-state index contributed by atoms with van der Waals surface area (Å²) in [4.78, 5) is 25.2. The van der Waals surface area contributed by atoms with E-state index in [4.69, 9.17) is 23.1 Å². The lowest BCUT2D eigenvalue weighted by atomic mass is 10.1. The van der Waals surface area contributed by atoms with Crippen LogP contribution in [0.5, 0.6) is 11.6 Å². The molecular formula is C25H24BF2N5O5. The number of anilines is 4. The Bertz CT molecular complexity index is 1330. The van der Waals surface area contributed by atoms with Crippen LogP contribution in [0.25, 0.3) is 0 Å². The fourth-order valence-electron chi connectivity index (χ4n) is 3.76. The monoisotopic (exact) mass is 523 g/mol. The minimum atomic E-state index is -2.89. The molecule has 0 unspecified atom stereocenters. The zero-order chi connectivity index (χ0) is 27.4. The lowest BCUT2D eigenvalue weighted by Crippen LogP contribution is -2.45. The number of aliphatic hydroxyl groups is 2. The Labute approximate surface area is 218 Å². The van der Waals surface area contributed by atoms with Crippen molar-refractivity contribution in [1.82, 2.24) is 4.98 Å². The Balaban J connectivity index is 1.76. The highest BCUT2D eigenvalue weighted by Crippen LogP contribution is 2.38. The second-order valence-electron chi connectivity index (χ2n) is 8.23. The number of ether oxygens (including phenoxy) is 2. The van der Waals surface area contributed by atoms with Gasteiger partial charge in [-0.3, -0.25) is 9.89 Å². The number of hydrogen-bond donors (Lipinski definition) is 3. The molecule has 13 heteroatoms. The van der Waals surface area contributed by atoms with Crippen LogP contribution in [-0.4, -0.2) is 60.7 Å². The average Bonchev–Trinajstić information content (AvgIpc) is 2.86. The van der Waals surface area contributed by atoms with Crippen molar-refractivity contribution in [3.63, 3.8) is 0 Å². The van der Waals surface area contributed by atoms with Crippen LogP contribution in [0.3, 0.4) is 0 Å². The summed E-state index contributed by atoms with van der Waals surface area (Å²) < 4.78 is 35.3. The van der Waals surface area contributed by atoms with E-state index >= 15 is 0 Å². The minimum Gasteiger partial charge on any atom is -0.472 e. The lowest BCUT2D eigenvalue weighted by molar-refractivity contribution is -0.223. The maximum atomic E-state index is 13.8. The first-order valence-corrected chi connectivity index (χ1v) is 11.5. The molecule has 0 aliphatic carbocycles. The van der Waals surface area contributed by atoms with Crippen molar-refractivity contribution in [3.8, 4) is 11.6 Å². The number of rotatable bonds is 9. The fourth-order valence-corrected chi connectivity index (χ4v) is 3.76. The molecule has 3 aromatic rings. The number of benzene rings is 2. The predicted molar refractivity (Wildman–Crippen MR) is 138 cm³/mol. The van der Waals surface area contributed by atoms with Gasteiger partial charge in [-0.15, -0.1) is 0 Å². The molecule has 0 atom stereocenters. The first-order chi connectivity index (χ1) is 18.1. The van der Waals surface area contributed by atoms with Crippen LogP contribution in [0, 0.1) is 0 Å². The van der Waals surface area contributed by atoms with Gasteiger partial charge in [0, 0.05) is 41.3 Å². The third-order valence-electron chi connectivity index (χ3n) is 5.41. The van der Waals surface area contributed by atoms with Crippen LogP contribution >= 0.6 is 0 Å². The van der Waals surface area contributed by atoms with Crippen LogP contribution < -0.4 is 25.0 Å². The molecule has 1 aliphatic rings. The van der Waals surface area contributed by atoms with Crippen LogP contribution in [0.1, 0.15) is 18.1 Å². The quantitative estimate of drug-likeness (QED) is 0.170. The Hall–Kier alpha value is -4.23. The van der Waals surface area contributed by atoms with Gasteiger partial charge in [-0.2, -0.15) is 4.98 Å². The molecule has 2 heterocycles. The van der Waals surface area contributed by atoms with Crippen molar-refractivity contribution in [3.05, 3.63) is 65.7 Å². The van der Waals surface area contributed by atoms with E-state index in [-0.39, 0.29) is 24.0 Å². The van der Waals surface area contributed by atoms with Gasteiger partial charge in [-0.25, -0.2) is 18.5 Å². The summed E-state index contributed by atoms with van der Waals surface area (Å²) in [5, 5.41) is 18.6. The molecule has 0 saturated heterocycles. The van der Waals surface area contributed by atoms with Gasteiger partial charge in [0.05, 0.1) is 12.2 Å². The summed E-state index contributed by atoms with van der Waals surface area (Å²) in [5.41, 5.74) is 8.70. The molecule has 0 bridgehead atoms. The molecule has 2 aromatic carbocycles. The highest BCUT2D eigenvalue weighted by Gasteiger charge is 2.34. The molecule has 0 saturated carbocycles. The second-order valence-corrected chi connectivity index (χ2v) is 8.23. The average molecular weight is 523 g/mol. The number of nitrogen functional groups attached to an aromatic ring is 1. The number of hydrogen-bond acceptors (Lipinski definition) is 8. The number of fused-ring (bicyclic) bond motifs is 1. The van der Waals surface area contributed by atoms with Gasteiger partial charge in [0.1, 0.15) is 11.6 Å². The van der Waals surface area contributed by atoms with E-state index in [2.05, 4.69) is 9.98 Å². The first kappa shape index (κ1) is 26.8. The number of alkyl halides is 2. The molecule has 4 rings (SSSR count).